The van der Waals surface area contributed by atoms with Crippen LogP contribution in [0.5, 0.6) is 0 Å². The van der Waals surface area contributed by atoms with Crippen LogP contribution in [0.2, 0.25) is 0 Å². The van der Waals surface area contributed by atoms with Crippen molar-refractivity contribution in [3.63, 3.8) is 0 Å². The maximum atomic E-state index is 11.7. The standard InChI is InChI=1S/C34H58N8O2.Co/c43-26(44)16-17-13-14-24-25(15-17)34-41-32-23-12-6-5-11-22(23)30(39-32)37-28-19-8-2-1-7-18(19)27(35-28)36-29-20-9-3-4-10-21(20)31(38-29)40-33(24)42-34;/h17-25,27-42H,1-16H2,(H,43,44);. The number of carbonyl (C=O) groups is 1. The van der Waals surface area contributed by atoms with Crippen molar-refractivity contribution in [1.29, 1.82) is 0 Å². The van der Waals surface area contributed by atoms with Crippen LogP contribution in [0.1, 0.15) is 103 Å². The Bertz CT molecular complexity index is 1070. The van der Waals surface area contributed by atoms with Crippen LogP contribution < -0.4 is 42.5 Å². The summed E-state index contributed by atoms with van der Waals surface area (Å²) in [5.41, 5.74) is 0. The molecule has 0 aromatic heterocycles. The predicted molar refractivity (Wildman–Crippen MR) is 168 cm³/mol. The molecular weight excluding hydrogens is 611 g/mol. The van der Waals surface area contributed by atoms with Crippen molar-refractivity contribution in [3.8, 4) is 0 Å². The van der Waals surface area contributed by atoms with E-state index < -0.39 is 5.97 Å². The van der Waals surface area contributed by atoms with E-state index in [9.17, 15) is 9.90 Å². The second kappa shape index (κ2) is 13.2. The van der Waals surface area contributed by atoms with Crippen molar-refractivity contribution in [1.82, 2.24) is 42.5 Å². The van der Waals surface area contributed by atoms with Crippen LogP contribution in [0.15, 0.2) is 0 Å². The molecule has 0 aromatic carbocycles. The van der Waals surface area contributed by atoms with Gasteiger partial charge in [-0.25, -0.2) is 0 Å². The summed E-state index contributed by atoms with van der Waals surface area (Å²) in [5.74, 6) is 4.65. The molecule has 5 aliphatic heterocycles. The van der Waals surface area contributed by atoms with Gasteiger partial charge in [0, 0.05) is 23.2 Å². The number of hydrogen-bond donors (Lipinski definition) is 9. The van der Waals surface area contributed by atoms with Crippen LogP contribution in [0.3, 0.4) is 0 Å². The second-order valence-corrected chi connectivity index (χ2v) is 16.6. The smallest absolute Gasteiger partial charge is 0.303 e. The molecule has 17 atom stereocenters. The van der Waals surface area contributed by atoms with Crippen LogP contribution in [0, 0.1) is 53.3 Å². The predicted octanol–water partition coefficient (Wildman–Crippen LogP) is 2.30. The monoisotopic (exact) mass is 669 g/mol. The van der Waals surface area contributed by atoms with Gasteiger partial charge in [-0.05, 0) is 111 Å². The molecule has 9 N–H and O–H groups in total. The van der Waals surface area contributed by atoms with Crippen LogP contribution in [-0.4, -0.2) is 60.4 Å². The van der Waals surface area contributed by atoms with Gasteiger partial charge < -0.3 is 5.11 Å². The molecule has 8 bridgehead atoms. The number of fused-ring (bicyclic) bond motifs is 20. The largest absolute Gasteiger partial charge is 0.481 e. The summed E-state index contributed by atoms with van der Waals surface area (Å²) in [6.07, 6.45) is 21.9. The van der Waals surface area contributed by atoms with Crippen molar-refractivity contribution < 1.29 is 26.7 Å². The Hall–Kier alpha value is -0.344. The molecule has 45 heavy (non-hydrogen) atoms. The molecule has 17 unspecified atom stereocenters. The summed E-state index contributed by atoms with van der Waals surface area (Å²) in [5, 5.41) is 43.0. The summed E-state index contributed by atoms with van der Waals surface area (Å²) in [6, 6.07) is 0. The first-order valence-electron chi connectivity index (χ1n) is 18.9. The molecule has 4 aliphatic carbocycles. The van der Waals surface area contributed by atoms with Gasteiger partial charge in [-0.3, -0.25) is 47.3 Å². The van der Waals surface area contributed by atoms with E-state index in [4.69, 9.17) is 0 Å². The van der Waals surface area contributed by atoms with E-state index in [2.05, 4.69) is 42.5 Å². The van der Waals surface area contributed by atoms with Gasteiger partial charge in [0.2, 0.25) is 0 Å². The minimum Gasteiger partial charge on any atom is -0.481 e. The Morgan fingerprint density at radius 1 is 0.422 bits per heavy atom. The van der Waals surface area contributed by atoms with Gasteiger partial charge in [0.25, 0.3) is 0 Å². The third kappa shape index (κ3) is 5.86. The summed E-state index contributed by atoms with van der Waals surface area (Å²) >= 11 is 0. The number of hydrogen-bond acceptors (Lipinski definition) is 9. The van der Waals surface area contributed by atoms with Crippen molar-refractivity contribution in [3.05, 3.63) is 0 Å². The fourth-order valence-corrected chi connectivity index (χ4v) is 12.5. The molecule has 0 spiro atoms. The minimum atomic E-state index is -0.638. The molecule has 1 radical (unpaired) electrons. The van der Waals surface area contributed by atoms with Crippen molar-refractivity contribution in [2.24, 2.45) is 53.3 Å². The Morgan fingerprint density at radius 3 is 0.978 bits per heavy atom. The average Bonchev–Trinajstić information content (AvgIpc) is 3.76. The second-order valence-electron chi connectivity index (χ2n) is 16.6. The van der Waals surface area contributed by atoms with E-state index in [1.54, 1.807) is 0 Å². The van der Waals surface area contributed by atoms with Crippen molar-refractivity contribution in [2.75, 3.05) is 0 Å². The molecule has 0 aromatic rings. The maximum Gasteiger partial charge on any atom is 0.303 e. The molecule has 9 rings (SSSR count). The molecule has 10 nitrogen and oxygen atoms in total. The molecule has 5 heterocycles. The topological polar surface area (TPSA) is 134 Å². The molecule has 4 saturated carbocycles. The maximum absolute atomic E-state index is 11.7. The normalized spacial score (nSPS) is 53.8. The SMILES string of the molecule is O=C(O)CC1CCC2C3NC4NC(NC5NC(NC6NC(NC(N3)C2C1)C1CCCCC61)C1CCCCC51)C1CCCCC41.[Co]. The zero-order valence-corrected chi connectivity index (χ0v) is 27.9. The first-order chi connectivity index (χ1) is 21.6. The van der Waals surface area contributed by atoms with E-state index in [1.807, 2.05) is 0 Å². The number of aliphatic carboxylic acids is 1. The summed E-state index contributed by atoms with van der Waals surface area (Å²) in [6.45, 7) is 0. The molecule has 255 valence electrons. The average molecular weight is 670 g/mol. The van der Waals surface area contributed by atoms with Crippen molar-refractivity contribution in [2.45, 2.75) is 152 Å². The van der Waals surface area contributed by atoms with Crippen LogP contribution in [0.4, 0.5) is 0 Å². The Labute approximate surface area is 279 Å². The summed E-state index contributed by atoms with van der Waals surface area (Å²) in [4.78, 5) is 11.7. The summed E-state index contributed by atoms with van der Waals surface area (Å²) in [7, 11) is 0. The van der Waals surface area contributed by atoms with Gasteiger partial charge in [0.05, 0.1) is 49.3 Å². The first kappa shape index (κ1) is 31.9. The first-order valence-corrected chi connectivity index (χ1v) is 18.9. The number of nitrogens with one attached hydrogen (secondary N) is 8. The van der Waals surface area contributed by atoms with E-state index in [-0.39, 0.29) is 41.2 Å². The Kier molecular flexibility index (Phi) is 9.34. The summed E-state index contributed by atoms with van der Waals surface area (Å²) < 4.78 is 0. The molecule has 9 fully saturated rings. The zero-order chi connectivity index (χ0) is 29.4. The third-order valence-corrected chi connectivity index (χ3v) is 14.4. The van der Waals surface area contributed by atoms with Crippen LogP contribution in [-0.2, 0) is 21.6 Å². The fraction of sp³-hybridized carbons (Fsp3) is 0.971. The van der Waals surface area contributed by atoms with Gasteiger partial charge in [-0.1, -0.05) is 38.5 Å². The zero-order valence-electron chi connectivity index (χ0n) is 26.8. The van der Waals surface area contributed by atoms with E-state index in [0.717, 1.165) is 19.3 Å². The van der Waals surface area contributed by atoms with Gasteiger partial charge in [0.1, 0.15) is 0 Å². The fourth-order valence-electron chi connectivity index (χ4n) is 12.5. The van der Waals surface area contributed by atoms with E-state index >= 15 is 0 Å². The molecule has 11 heteroatoms. The quantitative estimate of drug-likeness (QED) is 0.216. The van der Waals surface area contributed by atoms with Gasteiger partial charge >= 0.3 is 5.97 Å². The third-order valence-electron chi connectivity index (χ3n) is 14.4. The number of carboxylic acid groups (broad SMARTS) is 1. The Morgan fingerprint density at radius 2 is 0.689 bits per heavy atom. The van der Waals surface area contributed by atoms with Gasteiger partial charge in [-0.2, -0.15) is 0 Å². The number of rotatable bonds is 2. The van der Waals surface area contributed by atoms with Crippen LogP contribution in [0.25, 0.3) is 0 Å². The molecular formula is C34H58CoN8O2. The van der Waals surface area contributed by atoms with E-state index in [0.29, 0.717) is 84.6 Å². The molecule has 9 aliphatic rings. The number of carboxylic acids is 1. The minimum absolute atomic E-state index is 0. The van der Waals surface area contributed by atoms with Gasteiger partial charge in [0.15, 0.2) is 0 Å². The van der Waals surface area contributed by atoms with Gasteiger partial charge in [-0.15, -0.1) is 0 Å². The molecule has 5 saturated heterocycles. The Balaban J connectivity index is 0.00000300. The van der Waals surface area contributed by atoms with Crippen LogP contribution >= 0.6 is 0 Å². The van der Waals surface area contributed by atoms with E-state index in [1.165, 1.54) is 77.0 Å². The molecule has 0 amide bonds. The van der Waals surface area contributed by atoms with Crippen molar-refractivity contribution >= 4 is 5.97 Å².